The van der Waals surface area contributed by atoms with Gasteiger partial charge in [0.2, 0.25) is 0 Å². The van der Waals surface area contributed by atoms with E-state index in [0.717, 1.165) is 0 Å². The Hall–Kier alpha value is -2.34. The van der Waals surface area contributed by atoms with E-state index >= 15 is 0 Å². The van der Waals surface area contributed by atoms with Gasteiger partial charge < -0.3 is 10.1 Å². The van der Waals surface area contributed by atoms with Crippen LogP contribution >= 0.6 is 11.6 Å². The van der Waals surface area contributed by atoms with E-state index < -0.39 is 10.9 Å². The van der Waals surface area contributed by atoms with E-state index in [1.165, 1.54) is 30.3 Å². The minimum Gasteiger partial charge on any atom is -0.477 e. The highest BCUT2D eigenvalue weighted by atomic mass is 35.5. The number of nitro groups is 1. The number of carboxylic acid groups (broad SMARTS) is 1. The molecule has 0 saturated heterocycles. The molecule has 0 fully saturated rings. The van der Waals surface area contributed by atoms with E-state index in [2.05, 4.69) is 4.98 Å². The second-order valence-electron chi connectivity index (χ2n) is 3.51. The van der Waals surface area contributed by atoms with Crippen LogP contribution in [0.4, 0.5) is 5.69 Å². The zero-order valence-electron chi connectivity index (χ0n) is 8.88. The molecule has 92 valence electrons. The van der Waals surface area contributed by atoms with E-state index in [1.807, 2.05) is 0 Å². The predicted molar refractivity (Wildman–Crippen MR) is 64.9 cm³/mol. The van der Waals surface area contributed by atoms with Gasteiger partial charge >= 0.3 is 5.97 Å². The van der Waals surface area contributed by atoms with E-state index in [0.29, 0.717) is 10.7 Å². The Morgan fingerprint density at radius 2 is 2.06 bits per heavy atom. The van der Waals surface area contributed by atoms with Gasteiger partial charge in [-0.05, 0) is 24.3 Å². The molecular weight excluding hydrogens is 260 g/mol. The molecule has 0 aliphatic carbocycles. The van der Waals surface area contributed by atoms with Crippen LogP contribution in [0, 0.1) is 10.1 Å². The predicted octanol–water partition coefficient (Wildman–Crippen LogP) is 2.94. The number of nitro benzene ring substituents is 1. The van der Waals surface area contributed by atoms with Crippen molar-refractivity contribution in [3.8, 4) is 11.3 Å². The SMILES string of the molecule is O=C(O)c1ccc(-c2cc(Cl)ccc2[N+](=O)[O-])[nH]1. The van der Waals surface area contributed by atoms with Crippen LogP contribution in [0.1, 0.15) is 10.5 Å². The fourth-order valence-corrected chi connectivity index (χ4v) is 1.73. The van der Waals surface area contributed by atoms with Crippen LogP contribution in [0.3, 0.4) is 0 Å². The summed E-state index contributed by atoms with van der Waals surface area (Å²) in [5, 5.41) is 20.0. The zero-order valence-corrected chi connectivity index (χ0v) is 9.64. The van der Waals surface area contributed by atoms with Crippen molar-refractivity contribution < 1.29 is 14.8 Å². The lowest BCUT2D eigenvalue weighted by molar-refractivity contribution is -0.384. The fourth-order valence-electron chi connectivity index (χ4n) is 1.56. The van der Waals surface area contributed by atoms with Crippen LogP contribution in [0.5, 0.6) is 0 Å². The van der Waals surface area contributed by atoms with Crippen LogP contribution in [-0.2, 0) is 0 Å². The normalized spacial score (nSPS) is 10.3. The summed E-state index contributed by atoms with van der Waals surface area (Å²) in [6.45, 7) is 0. The Morgan fingerprint density at radius 3 is 2.61 bits per heavy atom. The summed E-state index contributed by atoms with van der Waals surface area (Å²) >= 11 is 5.79. The number of aromatic nitrogens is 1. The molecule has 0 amide bonds. The molecule has 0 unspecified atom stereocenters. The number of aromatic carboxylic acids is 1. The minimum atomic E-state index is -1.13. The van der Waals surface area contributed by atoms with Gasteiger partial charge in [-0.1, -0.05) is 11.6 Å². The third-order valence-corrected chi connectivity index (χ3v) is 2.60. The summed E-state index contributed by atoms with van der Waals surface area (Å²) < 4.78 is 0. The molecule has 0 aliphatic heterocycles. The fraction of sp³-hybridized carbons (Fsp3) is 0. The molecule has 0 saturated carbocycles. The molecule has 2 aromatic rings. The monoisotopic (exact) mass is 266 g/mol. The quantitative estimate of drug-likeness (QED) is 0.659. The third-order valence-electron chi connectivity index (χ3n) is 2.36. The Kier molecular flexibility index (Phi) is 3.03. The molecular formula is C11H7ClN2O4. The first kappa shape index (κ1) is 12.1. The van der Waals surface area contributed by atoms with Crippen molar-refractivity contribution in [1.82, 2.24) is 4.98 Å². The summed E-state index contributed by atoms with van der Waals surface area (Å²) in [6.07, 6.45) is 0. The number of rotatable bonds is 3. The first-order chi connectivity index (χ1) is 8.49. The number of halogens is 1. The highest BCUT2D eigenvalue weighted by Gasteiger charge is 2.17. The number of hydrogen-bond acceptors (Lipinski definition) is 3. The third kappa shape index (κ3) is 2.18. The second-order valence-corrected chi connectivity index (χ2v) is 3.95. The lowest BCUT2D eigenvalue weighted by Gasteiger charge is -2.01. The van der Waals surface area contributed by atoms with Crippen molar-refractivity contribution in [2.75, 3.05) is 0 Å². The second kappa shape index (κ2) is 4.50. The van der Waals surface area contributed by atoms with E-state index in [9.17, 15) is 14.9 Å². The number of carboxylic acids is 1. The van der Waals surface area contributed by atoms with Gasteiger partial charge in [0, 0.05) is 11.1 Å². The number of carbonyl (C=O) groups is 1. The van der Waals surface area contributed by atoms with Gasteiger partial charge in [0.1, 0.15) is 5.69 Å². The van der Waals surface area contributed by atoms with Crippen molar-refractivity contribution in [2.45, 2.75) is 0 Å². The number of hydrogen-bond donors (Lipinski definition) is 2. The van der Waals surface area contributed by atoms with Crippen molar-refractivity contribution in [2.24, 2.45) is 0 Å². The Morgan fingerprint density at radius 1 is 1.33 bits per heavy atom. The Labute approximate surface area is 106 Å². The van der Waals surface area contributed by atoms with Gasteiger partial charge in [-0.3, -0.25) is 10.1 Å². The Bertz CT molecular complexity index is 636. The molecule has 0 aliphatic rings. The highest BCUT2D eigenvalue weighted by Crippen LogP contribution is 2.31. The molecule has 0 bridgehead atoms. The van der Waals surface area contributed by atoms with E-state index in [1.54, 1.807) is 0 Å². The largest absolute Gasteiger partial charge is 0.477 e. The molecule has 0 atom stereocenters. The van der Waals surface area contributed by atoms with Gasteiger partial charge in [0.05, 0.1) is 16.2 Å². The van der Waals surface area contributed by atoms with Crippen molar-refractivity contribution in [3.63, 3.8) is 0 Å². The van der Waals surface area contributed by atoms with Gasteiger partial charge in [-0.15, -0.1) is 0 Å². The minimum absolute atomic E-state index is 0.0423. The summed E-state index contributed by atoms with van der Waals surface area (Å²) in [6, 6.07) is 6.89. The molecule has 2 N–H and O–H groups in total. The van der Waals surface area contributed by atoms with Crippen LogP contribution in [0.15, 0.2) is 30.3 Å². The number of nitrogens with zero attached hydrogens (tertiary/aromatic N) is 1. The molecule has 0 spiro atoms. The molecule has 6 nitrogen and oxygen atoms in total. The van der Waals surface area contributed by atoms with Gasteiger partial charge in [0.25, 0.3) is 5.69 Å². The number of nitrogens with one attached hydrogen (secondary N) is 1. The molecule has 0 radical (unpaired) electrons. The Balaban J connectivity index is 2.57. The van der Waals surface area contributed by atoms with Crippen LogP contribution in [0.25, 0.3) is 11.3 Å². The van der Waals surface area contributed by atoms with Crippen molar-refractivity contribution >= 4 is 23.3 Å². The summed E-state index contributed by atoms with van der Waals surface area (Å²) in [5.74, 6) is -1.13. The first-order valence-corrected chi connectivity index (χ1v) is 5.23. The number of benzene rings is 1. The number of H-pyrrole nitrogens is 1. The molecule has 1 aromatic carbocycles. The smallest absolute Gasteiger partial charge is 0.352 e. The zero-order chi connectivity index (χ0) is 13.3. The highest BCUT2D eigenvalue weighted by molar-refractivity contribution is 6.31. The maximum atomic E-state index is 10.9. The maximum Gasteiger partial charge on any atom is 0.352 e. The molecule has 18 heavy (non-hydrogen) atoms. The lowest BCUT2D eigenvalue weighted by atomic mass is 10.1. The van der Waals surface area contributed by atoms with Gasteiger partial charge in [-0.2, -0.15) is 0 Å². The summed E-state index contributed by atoms with van der Waals surface area (Å²) in [5.41, 5.74) is 0.402. The maximum absolute atomic E-state index is 10.9. The van der Waals surface area contributed by atoms with Crippen molar-refractivity contribution in [3.05, 3.63) is 51.2 Å². The van der Waals surface area contributed by atoms with E-state index in [-0.39, 0.29) is 16.9 Å². The average Bonchev–Trinajstić information content (AvgIpc) is 2.77. The number of aromatic amines is 1. The molecule has 1 heterocycles. The van der Waals surface area contributed by atoms with Crippen LogP contribution in [0.2, 0.25) is 5.02 Å². The topological polar surface area (TPSA) is 96.2 Å². The van der Waals surface area contributed by atoms with Crippen LogP contribution in [-0.4, -0.2) is 21.0 Å². The molecule has 2 rings (SSSR count). The van der Waals surface area contributed by atoms with Gasteiger partial charge in [0.15, 0.2) is 0 Å². The molecule has 7 heteroatoms. The van der Waals surface area contributed by atoms with Gasteiger partial charge in [-0.25, -0.2) is 4.79 Å². The first-order valence-electron chi connectivity index (χ1n) is 4.85. The van der Waals surface area contributed by atoms with Crippen molar-refractivity contribution in [1.29, 1.82) is 0 Å². The standard InChI is InChI=1S/C11H7ClN2O4/c12-6-1-4-10(14(17)18)7(5-6)8-2-3-9(13-8)11(15)16/h1-5,13H,(H,15,16). The van der Waals surface area contributed by atoms with E-state index in [4.69, 9.17) is 16.7 Å². The summed E-state index contributed by atoms with van der Waals surface area (Å²) in [7, 11) is 0. The van der Waals surface area contributed by atoms with Crippen LogP contribution < -0.4 is 0 Å². The average molecular weight is 267 g/mol. The molecule has 1 aromatic heterocycles. The lowest BCUT2D eigenvalue weighted by Crippen LogP contribution is -1.96. The summed E-state index contributed by atoms with van der Waals surface area (Å²) in [4.78, 5) is 23.7.